The number of alkyl halides is 1. The first-order chi connectivity index (χ1) is 6.77. The van der Waals surface area contributed by atoms with Gasteiger partial charge >= 0.3 is 0 Å². The second kappa shape index (κ2) is 5.46. The number of benzene rings is 1. The van der Waals surface area contributed by atoms with Crippen LogP contribution in [0.1, 0.15) is 12.0 Å². The molecule has 0 fully saturated rings. The van der Waals surface area contributed by atoms with E-state index in [1.165, 1.54) is 0 Å². The first kappa shape index (κ1) is 10.8. The van der Waals surface area contributed by atoms with Gasteiger partial charge in [0, 0.05) is 11.6 Å². The summed E-state index contributed by atoms with van der Waals surface area (Å²) in [5.74, 6) is 0. The van der Waals surface area contributed by atoms with Gasteiger partial charge in [0.25, 0.3) is 0 Å². The molecule has 0 bridgehead atoms. The summed E-state index contributed by atoms with van der Waals surface area (Å²) in [6.07, 6.45) is 0.438. The summed E-state index contributed by atoms with van der Waals surface area (Å²) in [4.78, 5) is 0. The van der Waals surface area contributed by atoms with E-state index in [4.69, 9.17) is 16.9 Å². The van der Waals surface area contributed by atoms with Gasteiger partial charge in [-0.25, -0.2) is 0 Å². The predicted molar refractivity (Wildman–Crippen MR) is 55.2 cm³/mol. The maximum Gasteiger partial charge on any atom is 0.101 e. The molecule has 1 aromatic carbocycles. The monoisotopic (exact) mass is 212 g/mol. The van der Waals surface area contributed by atoms with E-state index in [0.717, 1.165) is 0 Å². The molecule has 1 rings (SSSR count). The van der Waals surface area contributed by atoms with Crippen LogP contribution in [0.2, 0.25) is 5.02 Å². The Morgan fingerprint density at radius 2 is 2.29 bits per heavy atom. The van der Waals surface area contributed by atoms with E-state index >= 15 is 0 Å². The van der Waals surface area contributed by atoms with Crippen molar-refractivity contribution in [2.24, 2.45) is 0 Å². The second-order valence-electron chi connectivity index (χ2n) is 2.77. The first-order valence-electron chi connectivity index (χ1n) is 4.27. The van der Waals surface area contributed by atoms with Gasteiger partial charge in [0.15, 0.2) is 0 Å². The van der Waals surface area contributed by atoms with Gasteiger partial charge in [-0.2, -0.15) is 5.26 Å². The van der Waals surface area contributed by atoms with Gasteiger partial charge in [0.05, 0.1) is 17.9 Å². The number of nitrogens with zero attached hydrogens (tertiary/aromatic N) is 1. The molecule has 0 atom stereocenters. The summed E-state index contributed by atoms with van der Waals surface area (Å²) < 4.78 is 11.8. The van der Waals surface area contributed by atoms with Gasteiger partial charge in [-0.1, -0.05) is 11.6 Å². The van der Waals surface area contributed by atoms with Crippen LogP contribution in [0.15, 0.2) is 18.2 Å². The van der Waals surface area contributed by atoms with E-state index in [0.29, 0.717) is 29.2 Å². The number of nitriles is 1. The molecule has 0 spiro atoms. The number of halogens is 2. The highest BCUT2D eigenvalue weighted by Gasteiger charge is 2.01. The van der Waals surface area contributed by atoms with Gasteiger partial charge in [-0.05, 0) is 24.6 Å². The Bertz CT molecular complexity index is 346. The van der Waals surface area contributed by atoms with Crippen molar-refractivity contribution in [3.63, 3.8) is 0 Å². The van der Waals surface area contributed by atoms with E-state index in [2.05, 4.69) is 5.32 Å². The third-order valence-corrected chi connectivity index (χ3v) is 1.96. The van der Waals surface area contributed by atoms with Gasteiger partial charge < -0.3 is 5.32 Å². The molecule has 0 saturated carbocycles. The molecule has 74 valence electrons. The standard InChI is InChI=1S/C10H10ClFN2/c11-9-2-3-10(8(6-9)7-13)14-5-1-4-12/h2-3,6,14H,1,4-5H2. The summed E-state index contributed by atoms with van der Waals surface area (Å²) in [7, 11) is 0. The Kier molecular flexibility index (Phi) is 4.21. The minimum absolute atomic E-state index is 0.359. The fraction of sp³-hybridized carbons (Fsp3) is 0.300. The number of anilines is 1. The van der Waals surface area contributed by atoms with Crippen molar-refractivity contribution in [1.29, 1.82) is 5.26 Å². The fourth-order valence-electron chi connectivity index (χ4n) is 1.05. The quantitative estimate of drug-likeness (QED) is 0.779. The third kappa shape index (κ3) is 2.90. The molecular formula is C10H10ClFN2. The number of nitrogens with one attached hydrogen (secondary N) is 1. The molecule has 2 nitrogen and oxygen atoms in total. The highest BCUT2D eigenvalue weighted by Crippen LogP contribution is 2.19. The lowest BCUT2D eigenvalue weighted by Gasteiger charge is -2.06. The summed E-state index contributed by atoms with van der Waals surface area (Å²) >= 11 is 5.72. The molecular weight excluding hydrogens is 203 g/mol. The lowest BCUT2D eigenvalue weighted by Crippen LogP contribution is -2.03. The molecule has 0 aliphatic rings. The molecule has 14 heavy (non-hydrogen) atoms. The van der Waals surface area contributed by atoms with Crippen LogP contribution in [0.5, 0.6) is 0 Å². The SMILES string of the molecule is N#Cc1cc(Cl)ccc1NCCCF. The zero-order valence-corrected chi connectivity index (χ0v) is 8.31. The van der Waals surface area contributed by atoms with Crippen molar-refractivity contribution < 1.29 is 4.39 Å². The minimum atomic E-state index is -0.359. The number of hydrogen-bond acceptors (Lipinski definition) is 2. The zero-order valence-electron chi connectivity index (χ0n) is 7.56. The Labute approximate surface area is 87.3 Å². The molecule has 0 aromatic heterocycles. The maximum atomic E-state index is 11.8. The molecule has 0 aliphatic heterocycles. The van der Waals surface area contributed by atoms with Crippen molar-refractivity contribution in [3.05, 3.63) is 28.8 Å². The van der Waals surface area contributed by atoms with Crippen molar-refractivity contribution >= 4 is 17.3 Å². The molecule has 4 heteroatoms. The molecule has 0 aliphatic carbocycles. The van der Waals surface area contributed by atoms with Crippen LogP contribution in [0.4, 0.5) is 10.1 Å². The molecule has 1 aromatic rings. The minimum Gasteiger partial charge on any atom is -0.384 e. The molecule has 0 radical (unpaired) electrons. The van der Waals surface area contributed by atoms with Crippen LogP contribution in [0.25, 0.3) is 0 Å². The lowest BCUT2D eigenvalue weighted by atomic mass is 10.2. The summed E-state index contributed by atoms with van der Waals surface area (Å²) in [6.45, 7) is 0.162. The van der Waals surface area contributed by atoms with Gasteiger partial charge in [-0.3, -0.25) is 4.39 Å². The Hall–Kier alpha value is -1.27. The molecule has 0 unspecified atom stereocenters. The van der Waals surface area contributed by atoms with Crippen LogP contribution in [-0.4, -0.2) is 13.2 Å². The fourth-order valence-corrected chi connectivity index (χ4v) is 1.23. The van der Waals surface area contributed by atoms with Crippen molar-refractivity contribution in [2.45, 2.75) is 6.42 Å². The maximum absolute atomic E-state index is 11.8. The summed E-state index contributed by atoms with van der Waals surface area (Å²) in [6, 6.07) is 7.02. The van der Waals surface area contributed by atoms with Crippen molar-refractivity contribution in [1.82, 2.24) is 0 Å². The summed E-state index contributed by atoms with van der Waals surface area (Å²) in [5.41, 5.74) is 1.18. The van der Waals surface area contributed by atoms with Crippen molar-refractivity contribution in [3.8, 4) is 6.07 Å². The Balaban J connectivity index is 2.72. The average Bonchev–Trinajstić information content (AvgIpc) is 2.20. The van der Waals surface area contributed by atoms with Gasteiger partial charge in [0.1, 0.15) is 6.07 Å². The molecule has 0 amide bonds. The smallest absolute Gasteiger partial charge is 0.101 e. The normalized spacial score (nSPS) is 9.50. The van der Waals surface area contributed by atoms with E-state index in [-0.39, 0.29) is 6.67 Å². The lowest BCUT2D eigenvalue weighted by molar-refractivity contribution is 0.481. The first-order valence-corrected chi connectivity index (χ1v) is 4.65. The van der Waals surface area contributed by atoms with Crippen LogP contribution >= 0.6 is 11.6 Å². The largest absolute Gasteiger partial charge is 0.384 e. The van der Waals surface area contributed by atoms with Gasteiger partial charge in [0.2, 0.25) is 0 Å². The Morgan fingerprint density at radius 3 is 2.93 bits per heavy atom. The molecule has 1 N–H and O–H groups in total. The topological polar surface area (TPSA) is 35.8 Å². The average molecular weight is 213 g/mol. The van der Waals surface area contributed by atoms with Gasteiger partial charge in [-0.15, -0.1) is 0 Å². The van der Waals surface area contributed by atoms with Crippen LogP contribution in [0.3, 0.4) is 0 Å². The summed E-state index contributed by atoms with van der Waals surface area (Å²) in [5, 5.41) is 12.3. The molecule has 0 heterocycles. The van der Waals surface area contributed by atoms with E-state index < -0.39 is 0 Å². The Morgan fingerprint density at radius 1 is 1.50 bits per heavy atom. The number of rotatable bonds is 4. The number of hydrogen-bond donors (Lipinski definition) is 1. The zero-order chi connectivity index (χ0) is 10.4. The van der Waals surface area contributed by atoms with Crippen LogP contribution in [0, 0.1) is 11.3 Å². The van der Waals surface area contributed by atoms with Crippen LogP contribution < -0.4 is 5.32 Å². The van der Waals surface area contributed by atoms with Crippen molar-refractivity contribution in [2.75, 3.05) is 18.5 Å². The predicted octanol–water partition coefficient (Wildman–Crippen LogP) is 2.98. The molecule has 0 saturated heterocycles. The van der Waals surface area contributed by atoms with E-state index in [9.17, 15) is 4.39 Å². The van der Waals surface area contributed by atoms with Crippen LogP contribution in [-0.2, 0) is 0 Å². The highest BCUT2D eigenvalue weighted by atomic mass is 35.5. The van der Waals surface area contributed by atoms with E-state index in [1.54, 1.807) is 18.2 Å². The van der Waals surface area contributed by atoms with E-state index in [1.807, 2.05) is 6.07 Å². The second-order valence-corrected chi connectivity index (χ2v) is 3.21. The third-order valence-electron chi connectivity index (χ3n) is 1.73. The highest BCUT2D eigenvalue weighted by molar-refractivity contribution is 6.30.